The lowest BCUT2D eigenvalue weighted by Gasteiger charge is -2.17. The lowest BCUT2D eigenvalue weighted by molar-refractivity contribution is -0.120. The third-order valence-corrected chi connectivity index (χ3v) is 5.56. The minimum absolute atomic E-state index is 0.0165. The standard InChI is InChI=1S/C12H10Cl3NO3S/c1-7-2-4-8(5-3-7)20(18,19)16-6-9(11(14)15)10(13)12(16)17/h2-5,11H,6H2,1H3. The molecule has 4 nitrogen and oxygen atoms in total. The molecular weight excluding hydrogens is 345 g/mol. The van der Waals surface area contributed by atoms with Crippen LogP contribution in [0.25, 0.3) is 0 Å². The summed E-state index contributed by atoms with van der Waals surface area (Å²) >= 11 is 17.1. The smallest absolute Gasteiger partial charge is 0.267 e. The number of carbonyl (C=O) groups is 1. The molecule has 0 atom stereocenters. The highest BCUT2D eigenvalue weighted by atomic mass is 35.5. The Bertz CT molecular complexity index is 680. The SMILES string of the molecule is Cc1ccc(S(=O)(=O)N2CC(C(Cl)Cl)=C(Cl)C2=O)cc1. The van der Waals surface area contributed by atoms with E-state index in [0.29, 0.717) is 4.31 Å². The number of halogens is 3. The predicted octanol–water partition coefficient (Wildman–Crippen LogP) is 2.82. The van der Waals surface area contributed by atoms with E-state index in [1.807, 2.05) is 6.92 Å². The number of nitrogens with zero attached hydrogens (tertiary/aromatic N) is 1. The summed E-state index contributed by atoms with van der Waals surface area (Å²) in [6, 6.07) is 6.16. The normalized spacial score (nSPS) is 16.4. The van der Waals surface area contributed by atoms with Gasteiger partial charge in [0.25, 0.3) is 15.9 Å². The first-order valence-corrected chi connectivity index (χ1v) is 8.24. The fourth-order valence-electron chi connectivity index (χ4n) is 1.74. The zero-order valence-electron chi connectivity index (χ0n) is 10.3. The van der Waals surface area contributed by atoms with Crippen molar-refractivity contribution in [1.29, 1.82) is 0 Å². The summed E-state index contributed by atoms with van der Waals surface area (Å²) in [7, 11) is -3.96. The third kappa shape index (κ3) is 2.68. The van der Waals surface area contributed by atoms with Crippen LogP contribution in [0, 0.1) is 6.92 Å². The molecule has 0 bridgehead atoms. The number of alkyl halides is 2. The zero-order valence-corrected chi connectivity index (χ0v) is 13.4. The van der Waals surface area contributed by atoms with Gasteiger partial charge >= 0.3 is 0 Å². The highest BCUT2D eigenvalue weighted by Crippen LogP contribution is 2.32. The van der Waals surface area contributed by atoms with Gasteiger partial charge < -0.3 is 0 Å². The van der Waals surface area contributed by atoms with Gasteiger partial charge in [0, 0.05) is 5.57 Å². The summed E-state index contributed by atoms with van der Waals surface area (Å²) < 4.78 is 25.5. The van der Waals surface area contributed by atoms with Crippen LogP contribution in [0.3, 0.4) is 0 Å². The van der Waals surface area contributed by atoms with Gasteiger partial charge in [-0.15, -0.1) is 23.2 Å². The van der Waals surface area contributed by atoms with E-state index >= 15 is 0 Å². The first-order chi connectivity index (χ1) is 9.25. The van der Waals surface area contributed by atoms with Crippen molar-refractivity contribution in [2.24, 2.45) is 0 Å². The third-order valence-electron chi connectivity index (χ3n) is 2.88. The van der Waals surface area contributed by atoms with Crippen molar-refractivity contribution in [3.8, 4) is 0 Å². The zero-order chi connectivity index (χ0) is 15.1. The van der Waals surface area contributed by atoms with Gasteiger partial charge in [-0.3, -0.25) is 4.79 Å². The molecule has 0 radical (unpaired) electrons. The van der Waals surface area contributed by atoms with Crippen molar-refractivity contribution in [1.82, 2.24) is 4.31 Å². The summed E-state index contributed by atoms with van der Waals surface area (Å²) in [6.45, 7) is 1.60. The second-order valence-electron chi connectivity index (χ2n) is 4.27. The predicted molar refractivity (Wildman–Crippen MR) is 78.5 cm³/mol. The highest BCUT2D eigenvalue weighted by molar-refractivity contribution is 7.89. The topological polar surface area (TPSA) is 54.5 Å². The Kier molecular flexibility index (Phi) is 4.35. The van der Waals surface area contributed by atoms with Crippen LogP contribution >= 0.6 is 34.8 Å². The van der Waals surface area contributed by atoms with E-state index in [-0.39, 0.29) is 22.0 Å². The number of aryl methyl sites for hydroxylation is 1. The molecule has 2 rings (SSSR count). The molecule has 1 amide bonds. The van der Waals surface area contributed by atoms with Crippen LogP contribution in [0.15, 0.2) is 39.8 Å². The van der Waals surface area contributed by atoms with Crippen LogP contribution in [-0.4, -0.2) is 30.0 Å². The first-order valence-electron chi connectivity index (χ1n) is 5.55. The highest BCUT2D eigenvalue weighted by Gasteiger charge is 2.39. The van der Waals surface area contributed by atoms with Gasteiger partial charge in [-0.2, -0.15) is 0 Å². The number of hydrogen-bond acceptors (Lipinski definition) is 3. The van der Waals surface area contributed by atoms with Crippen LogP contribution in [0.4, 0.5) is 0 Å². The Hall–Kier alpha value is -0.750. The summed E-state index contributed by atoms with van der Waals surface area (Å²) in [4.78, 5) is 10.9. The maximum absolute atomic E-state index is 12.4. The van der Waals surface area contributed by atoms with E-state index in [9.17, 15) is 13.2 Å². The van der Waals surface area contributed by atoms with Crippen molar-refractivity contribution in [2.45, 2.75) is 16.7 Å². The van der Waals surface area contributed by atoms with Gasteiger partial charge in [0.05, 0.1) is 11.4 Å². The molecule has 1 aliphatic rings. The largest absolute Gasteiger partial charge is 0.279 e. The van der Waals surface area contributed by atoms with Crippen molar-refractivity contribution < 1.29 is 13.2 Å². The van der Waals surface area contributed by atoms with E-state index in [1.54, 1.807) is 12.1 Å². The summed E-state index contributed by atoms with van der Waals surface area (Å²) in [5.74, 6) is -0.812. The van der Waals surface area contributed by atoms with E-state index in [2.05, 4.69) is 0 Å². The number of rotatable bonds is 3. The molecule has 8 heteroatoms. The van der Waals surface area contributed by atoms with Crippen LogP contribution in [0.2, 0.25) is 0 Å². The van der Waals surface area contributed by atoms with E-state index in [4.69, 9.17) is 34.8 Å². The molecular formula is C12H10Cl3NO3S. The molecule has 0 N–H and O–H groups in total. The van der Waals surface area contributed by atoms with Crippen molar-refractivity contribution in [3.63, 3.8) is 0 Å². The number of carbonyl (C=O) groups excluding carboxylic acids is 1. The van der Waals surface area contributed by atoms with Gasteiger partial charge in [0.15, 0.2) is 0 Å². The van der Waals surface area contributed by atoms with Crippen LogP contribution in [0.1, 0.15) is 5.56 Å². The monoisotopic (exact) mass is 353 g/mol. The molecule has 1 aromatic carbocycles. The second-order valence-corrected chi connectivity index (χ2v) is 7.61. The molecule has 20 heavy (non-hydrogen) atoms. The Morgan fingerprint density at radius 1 is 1.20 bits per heavy atom. The van der Waals surface area contributed by atoms with Gasteiger partial charge in [-0.05, 0) is 19.1 Å². The summed E-state index contributed by atoms with van der Waals surface area (Å²) in [5.41, 5.74) is 1.10. The minimum atomic E-state index is -3.96. The van der Waals surface area contributed by atoms with Crippen LogP contribution < -0.4 is 0 Å². The molecule has 0 spiro atoms. The maximum Gasteiger partial charge on any atom is 0.279 e. The Balaban J connectivity index is 2.39. The van der Waals surface area contributed by atoms with Gasteiger partial charge in [0.2, 0.25) is 0 Å². The Labute approximate surface area is 132 Å². The van der Waals surface area contributed by atoms with E-state index < -0.39 is 20.8 Å². The second kappa shape index (κ2) is 5.56. The maximum atomic E-state index is 12.4. The lowest BCUT2D eigenvalue weighted by Crippen LogP contribution is -2.33. The molecule has 0 saturated heterocycles. The number of hydrogen-bond donors (Lipinski definition) is 0. The Morgan fingerprint density at radius 3 is 2.20 bits per heavy atom. The fraction of sp³-hybridized carbons (Fsp3) is 0.250. The fourth-order valence-corrected chi connectivity index (χ4v) is 3.88. The van der Waals surface area contributed by atoms with E-state index in [1.165, 1.54) is 12.1 Å². The van der Waals surface area contributed by atoms with Crippen LogP contribution in [0.5, 0.6) is 0 Å². The van der Waals surface area contributed by atoms with Gasteiger partial charge in [0.1, 0.15) is 9.87 Å². The average molecular weight is 355 g/mol. The van der Waals surface area contributed by atoms with Crippen molar-refractivity contribution in [3.05, 3.63) is 40.4 Å². The molecule has 0 saturated carbocycles. The molecule has 108 valence electrons. The summed E-state index contributed by atoms with van der Waals surface area (Å²) in [6.07, 6.45) is 0. The van der Waals surface area contributed by atoms with E-state index in [0.717, 1.165) is 5.56 Å². The van der Waals surface area contributed by atoms with Gasteiger partial charge in [-0.25, -0.2) is 12.7 Å². The molecule has 0 aromatic heterocycles. The van der Waals surface area contributed by atoms with Gasteiger partial charge in [-0.1, -0.05) is 29.3 Å². The lowest BCUT2D eigenvalue weighted by atomic mass is 10.2. The molecule has 1 heterocycles. The number of sulfonamides is 1. The number of benzene rings is 1. The first kappa shape index (κ1) is 15.6. The summed E-state index contributed by atoms with van der Waals surface area (Å²) in [5, 5.41) is -0.240. The minimum Gasteiger partial charge on any atom is -0.267 e. The molecule has 0 aliphatic carbocycles. The van der Waals surface area contributed by atoms with Crippen molar-refractivity contribution >= 4 is 50.7 Å². The molecule has 0 unspecified atom stereocenters. The quantitative estimate of drug-likeness (QED) is 0.784. The molecule has 0 fully saturated rings. The van der Waals surface area contributed by atoms with Crippen molar-refractivity contribution in [2.75, 3.05) is 6.54 Å². The molecule has 1 aromatic rings. The number of amides is 1. The average Bonchev–Trinajstić information content (AvgIpc) is 2.67. The molecule has 1 aliphatic heterocycles. The van der Waals surface area contributed by atoms with Crippen LogP contribution in [-0.2, 0) is 14.8 Å². The Morgan fingerprint density at radius 2 is 1.75 bits per heavy atom.